The van der Waals surface area contributed by atoms with Gasteiger partial charge in [0.05, 0.1) is 12.5 Å². The molecule has 0 aromatic carbocycles. The number of hydrogen-bond donors (Lipinski definition) is 1. The maximum atomic E-state index is 11.5. The first-order valence-electron chi connectivity index (χ1n) is 6.75. The maximum Gasteiger partial charge on any atom is 0.308 e. The van der Waals surface area contributed by atoms with Crippen LogP contribution in [-0.4, -0.2) is 41.1 Å². The first kappa shape index (κ1) is 15.1. The van der Waals surface area contributed by atoms with Gasteiger partial charge in [0.1, 0.15) is 5.69 Å². The molecule has 8 heteroatoms. The van der Waals surface area contributed by atoms with Gasteiger partial charge in [-0.15, -0.1) is 5.10 Å². The first-order valence-corrected chi connectivity index (χ1v) is 6.75. The highest BCUT2D eigenvalue weighted by Crippen LogP contribution is 2.26. The van der Waals surface area contributed by atoms with Gasteiger partial charge in [0, 0.05) is 13.2 Å². The van der Waals surface area contributed by atoms with Crippen LogP contribution in [0.15, 0.2) is 12.3 Å². The zero-order valence-corrected chi connectivity index (χ0v) is 12.7. The Kier molecular flexibility index (Phi) is 4.06. The SMILES string of the molecule is Cn1ccc(-c2nnnn2CC(CC(C)(C)C)C(=O)O)n1. The van der Waals surface area contributed by atoms with Crippen molar-refractivity contribution >= 4 is 5.97 Å². The van der Waals surface area contributed by atoms with Crippen LogP contribution in [0, 0.1) is 11.3 Å². The first-order chi connectivity index (χ1) is 9.76. The average Bonchev–Trinajstić information content (AvgIpc) is 2.95. The lowest BCUT2D eigenvalue weighted by Crippen LogP contribution is -2.26. The van der Waals surface area contributed by atoms with Crippen molar-refractivity contribution in [2.75, 3.05) is 0 Å². The predicted octanol–water partition coefficient (Wildman–Crippen LogP) is 1.21. The van der Waals surface area contributed by atoms with E-state index in [2.05, 4.69) is 20.6 Å². The third-order valence-corrected chi connectivity index (χ3v) is 3.08. The second-order valence-electron chi connectivity index (χ2n) is 6.36. The molecule has 0 aliphatic carbocycles. The lowest BCUT2D eigenvalue weighted by Gasteiger charge is -2.23. The van der Waals surface area contributed by atoms with Crippen molar-refractivity contribution < 1.29 is 9.90 Å². The molecule has 2 heterocycles. The van der Waals surface area contributed by atoms with Gasteiger partial charge in [-0.3, -0.25) is 9.48 Å². The number of tetrazole rings is 1. The number of rotatable bonds is 5. The lowest BCUT2D eigenvalue weighted by atomic mass is 9.84. The van der Waals surface area contributed by atoms with Crippen molar-refractivity contribution in [3.05, 3.63) is 12.3 Å². The maximum absolute atomic E-state index is 11.5. The van der Waals surface area contributed by atoms with E-state index in [1.165, 1.54) is 4.68 Å². The summed E-state index contributed by atoms with van der Waals surface area (Å²) in [5.41, 5.74) is 0.546. The minimum absolute atomic E-state index is 0.0811. The van der Waals surface area contributed by atoms with Crippen LogP contribution in [0.5, 0.6) is 0 Å². The normalized spacial score (nSPS) is 13.3. The van der Waals surface area contributed by atoms with Gasteiger partial charge in [0.2, 0.25) is 5.82 Å². The fourth-order valence-electron chi connectivity index (χ4n) is 2.22. The van der Waals surface area contributed by atoms with Crippen molar-refractivity contribution in [3.63, 3.8) is 0 Å². The minimum atomic E-state index is -0.840. The van der Waals surface area contributed by atoms with Crippen LogP contribution >= 0.6 is 0 Å². The predicted molar refractivity (Wildman–Crippen MR) is 75.2 cm³/mol. The van der Waals surface area contributed by atoms with Crippen molar-refractivity contribution in [1.82, 2.24) is 30.0 Å². The van der Waals surface area contributed by atoms with Crippen molar-refractivity contribution in [1.29, 1.82) is 0 Å². The van der Waals surface area contributed by atoms with Gasteiger partial charge >= 0.3 is 5.97 Å². The molecular formula is C13H20N6O2. The summed E-state index contributed by atoms with van der Waals surface area (Å²) in [7, 11) is 1.80. The number of aryl methyl sites for hydroxylation is 1. The smallest absolute Gasteiger partial charge is 0.308 e. The van der Waals surface area contributed by atoms with Crippen LogP contribution in [0.25, 0.3) is 11.5 Å². The number of aliphatic carboxylic acids is 1. The summed E-state index contributed by atoms with van der Waals surface area (Å²) >= 11 is 0. The Hall–Kier alpha value is -2.25. The van der Waals surface area contributed by atoms with E-state index in [9.17, 15) is 9.90 Å². The fraction of sp³-hybridized carbons (Fsp3) is 0.615. The van der Waals surface area contributed by atoms with E-state index in [-0.39, 0.29) is 12.0 Å². The Morgan fingerprint density at radius 1 is 1.43 bits per heavy atom. The number of carboxylic acid groups (broad SMARTS) is 1. The van der Waals surface area contributed by atoms with Crippen LogP contribution < -0.4 is 0 Å². The topological polar surface area (TPSA) is 98.7 Å². The summed E-state index contributed by atoms with van der Waals surface area (Å²) in [6.07, 6.45) is 2.34. The summed E-state index contributed by atoms with van der Waals surface area (Å²) in [5.74, 6) is -0.904. The van der Waals surface area contributed by atoms with Gasteiger partial charge < -0.3 is 5.11 Å². The van der Waals surface area contributed by atoms with Crippen molar-refractivity contribution in [3.8, 4) is 11.5 Å². The molecule has 0 aliphatic heterocycles. The van der Waals surface area contributed by atoms with Crippen molar-refractivity contribution in [2.45, 2.75) is 33.7 Å². The highest BCUT2D eigenvalue weighted by Gasteiger charge is 2.27. The zero-order chi connectivity index (χ0) is 15.6. The van der Waals surface area contributed by atoms with E-state index in [1.54, 1.807) is 24.0 Å². The number of aromatic nitrogens is 6. The van der Waals surface area contributed by atoms with E-state index in [0.29, 0.717) is 17.9 Å². The molecule has 0 radical (unpaired) electrons. The Morgan fingerprint density at radius 3 is 2.67 bits per heavy atom. The molecule has 0 amide bonds. The largest absolute Gasteiger partial charge is 0.481 e. The molecule has 1 N–H and O–H groups in total. The molecule has 114 valence electrons. The number of carboxylic acids is 1. The quantitative estimate of drug-likeness (QED) is 0.889. The summed E-state index contributed by atoms with van der Waals surface area (Å²) in [5, 5.41) is 25.1. The summed E-state index contributed by atoms with van der Waals surface area (Å²) in [4.78, 5) is 11.5. The Morgan fingerprint density at radius 2 is 2.14 bits per heavy atom. The third kappa shape index (κ3) is 3.87. The Bertz CT molecular complexity index is 625. The Labute approximate surface area is 122 Å². The van der Waals surface area contributed by atoms with Gasteiger partial charge in [0.15, 0.2) is 0 Å². The molecule has 0 aliphatic rings. The van der Waals surface area contributed by atoms with E-state index in [0.717, 1.165) is 0 Å². The molecule has 8 nitrogen and oxygen atoms in total. The van der Waals surface area contributed by atoms with Gasteiger partial charge in [-0.2, -0.15) is 5.10 Å². The number of carbonyl (C=O) groups is 1. The van der Waals surface area contributed by atoms with E-state index >= 15 is 0 Å². The van der Waals surface area contributed by atoms with Gasteiger partial charge in [-0.25, -0.2) is 4.68 Å². The third-order valence-electron chi connectivity index (χ3n) is 3.08. The Balaban J connectivity index is 2.22. The number of nitrogens with zero attached hydrogens (tertiary/aromatic N) is 6. The molecule has 0 fully saturated rings. The molecule has 2 aromatic rings. The minimum Gasteiger partial charge on any atom is -0.481 e. The second kappa shape index (κ2) is 5.63. The monoisotopic (exact) mass is 292 g/mol. The van der Waals surface area contributed by atoms with Crippen LogP contribution in [0.1, 0.15) is 27.2 Å². The molecule has 0 saturated carbocycles. The van der Waals surface area contributed by atoms with Crippen LogP contribution in [0.4, 0.5) is 0 Å². The number of hydrogen-bond acceptors (Lipinski definition) is 5. The van der Waals surface area contributed by atoms with E-state index in [1.807, 2.05) is 20.8 Å². The molecule has 0 spiro atoms. The lowest BCUT2D eigenvalue weighted by molar-refractivity contribution is -0.143. The van der Waals surface area contributed by atoms with Gasteiger partial charge in [-0.1, -0.05) is 20.8 Å². The van der Waals surface area contributed by atoms with Crippen LogP contribution in [-0.2, 0) is 18.4 Å². The summed E-state index contributed by atoms with van der Waals surface area (Å²) < 4.78 is 3.16. The standard InChI is InChI=1S/C13H20N6O2/c1-13(2,3)7-9(12(20)21)8-19-11(14-16-17-19)10-5-6-18(4)15-10/h5-6,9H,7-8H2,1-4H3,(H,20,21). The van der Waals surface area contributed by atoms with Gasteiger partial charge in [0.25, 0.3) is 0 Å². The fourth-order valence-corrected chi connectivity index (χ4v) is 2.22. The van der Waals surface area contributed by atoms with E-state index < -0.39 is 11.9 Å². The average molecular weight is 292 g/mol. The highest BCUT2D eigenvalue weighted by molar-refractivity contribution is 5.70. The molecule has 2 aromatic heterocycles. The molecule has 1 atom stereocenters. The molecule has 21 heavy (non-hydrogen) atoms. The molecular weight excluding hydrogens is 272 g/mol. The van der Waals surface area contributed by atoms with Crippen LogP contribution in [0.3, 0.4) is 0 Å². The van der Waals surface area contributed by atoms with Gasteiger partial charge in [-0.05, 0) is 28.3 Å². The summed E-state index contributed by atoms with van der Waals surface area (Å²) in [6, 6.07) is 1.79. The molecule has 0 saturated heterocycles. The highest BCUT2D eigenvalue weighted by atomic mass is 16.4. The van der Waals surface area contributed by atoms with E-state index in [4.69, 9.17) is 0 Å². The molecule has 0 bridgehead atoms. The zero-order valence-electron chi connectivity index (χ0n) is 12.7. The van der Waals surface area contributed by atoms with Crippen molar-refractivity contribution in [2.24, 2.45) is 18.4 Å². The second-order valence-corrected chi connectivity index (χ2v) is 6.36. The molecule has 2 rings (SSSR count). The van der Waals surface area contributed by atoms with Crippen LogP contribution in [0.2, 0.25) is 0 Å². The summed E-state index contributed by atoms with van der Waals surface area (Å²) in [6.45, 7) is 6.28. The molecule has 1 unspecified atom stereocenters.